The molecule has 156 valence electrons. The van der Waals surface area contributed by atoms with Crippen LogP contribution in [0.3, 0.4) is 0 Å². The zero-order valence-corrected chi connectivity index (χ0v) is 21.1. The van der Waals surface area contributed by atoms with Gasteiger partial charge in [-0.2, -0.15) is 5.26 Å². The van der Waals surface area contributed by atoms with Crippen molar-refractivity contribution in [3.05, 3.63) is 66.3 Å². The zero-order chi connectivity index (χ0) is 21.5. The monoisotopic (exact) mass is 626 g/mol. The standard InChI is InChI=1S/C24H24I2N2O2/c1-16-7-5-6-10-22(16)28-24(29)19(14-27)11-18-12-20(25)23(21(26)13-18)30-15-17-8-3-2-4-9-17/h2-4,8-9,11-13,16,22H,5-7,10,15H2,1H3,(H,28,29)/b19-11+/t16-,22+/m1/s1. The third kappa shape index (κ3) is 6.20. The normalized spacial score (nSPS) is 19.1. The van der Waals surface area contributed by atoms with Crippen molar-refractivity contribution in [2.24, 2.45) is 5.92 Å². The van der Waals surface area contributed by atoms with Crippen LogP contribution in [-0.2, 0) is 11.4 Å². The summed E-state index contributed by atoms with van der Waals surface area (Å²) in [7, 11) is 0. The van der Waals surface area contributed by atoms with Crippen LogP contribution in [0.25, 0.3) is 6.08 Å². The average Bonchev–Trinajstić information content (AvgIpc) is 2.73. The molecule has 6 heteroatoms. The van der Waals surface area contributed by atoms with Crippen molar-refractivity contribution in [2.75, 3.05) is 0 Å². The summed E-state index contributed by atoms with van der Waals surface area (Å²) >= 11 is 4.47. The molecule has 1 amide bonds. The van der Waals surface area contributed by atoms with Gasteiger partial charge in [0.25, 0.3) is 5.91 Å². The van der Waals surface area contributed by atoms with Crippen LogP contribution in [-0.4, -0.2) is 11.9 Å². The second-order valence-corrected chi connectivity index (χ2v) is 9.92. The Labute approximate surface area is 205 Å². The van der Waals surface area contributed by atoms with Crippen molar-refractivity contribution in [3.8, 4) is 11.8 Å². The first-order valence-corrected chi connectivity index (χ1v) is 12.2. The lowest BCUT2D eigenvalue weighted by molar-refractivity contribution is -0.118. The number of nitrogens with one attached hydrogen (secondary N) is 1. The highest BCUT2D eigenvalue weighted by molar-refractivity contribution is 14.1. The number of rotatable bonds is 6. The van der Waals surface area contributed by atoms with Crippen molar-refractivity contribution in [1.82, 2.24) is 5.32 Å². The molecule has 0 spiro atoms. The van der Waals surface area contributed by atoms with E-state index in [0.29, 0.717) is 12.5 Å². The van der Waals surface area contributed by atoms with Gasteiger partial charge in [-0.1, -0.05) is 50.1 Å². The number of amides is 1. The van der Waals surface area contributed by atoms with E-state index in [1.54, 1.807) is 6.08 Å². The first-order chi connectivity index (χ1) is 14.5. The molecular weight excluding hydrogens is 602 g/mol. The van der Waals surface area contributed by atoms with Gasteiger partial charge in [0.15, 0.2) is 0 Å². The van der Waals surface area contributed by atoms with Crippen LogP contribution in [0.1, 0.15) is 43.7 Å². The lowest BCUT2D eigenvalue weighted by Gasteiger charge is -2.29. The van der Waals surface area contributed by atoms with E-state index >= 15 is 0 Å². The van der Waals surface area contributed by atoms with Gasteiger partial charge in [0.2, 0.25) is 0 Å². The van der Waals surface area contributed by atoms with Crippen molar-refractivity contribution >= 4 is 57.2 Å². The van der Waals surface area contributed by atoms with Crippen LogP contribution in [0, 0.1) is 24.4 Å². The van der Waals surface area contributed by atoms with E-state index in [0.717, 1.165) is 43.3 Å². The Balaban J connectivity index is 1.73. The van der Waals surface area contributed by atoms with E-state index in [-0.39, 0.29) is 17.5 Å². The van der Waals surface area contributed by atoms with Crippen molar-refractivity contribution in [3.63, 3.8) is 0 Å². The minimum atomic E-state index is -0.286. The van der Waals surface area contributed by atoms with Gasteiger partial charge < -0.3 is 10.1 Å². The minimum Gasteiger partial charge on any atom is -0.487 e. The number of benzene rings is 2. The molecule has 30 heavy (non-hydrogen) atoms. The molecule has 2 atom stereocenters. The maximum Gasteiger partial charge on any atom is 0.262 e. The number of hydrogen-bond acceptors (Lipinski definition) is 3. The van der Waals surface area contributed by atoms with Gasteiger partial charge in [-0.15, -0.1) is 0 Å². The predicted molar refractivity (Wildman–Crippen MR) is 136 cm³/mol. The third-order valence-electron chi connectivity index (χ3n) is 5.35. The third-order valence-corrected chi connectivity index (χ3v) is 6.95. The highest BCUT2D eigenvalue weighted by Gasteiger charge is 2.24. The molecule has 0 unspecified atom stereocenters. The maximum absolute atomic E-state index is 12.7. The molecule has 1 fully saturated rings. The van der Waals surface area contributed by atoms with E-state index in [1.165, 1.54) is 6.42 Å². The largest absolute Gasteiger partial charge is 0.487 e. The summed E-state index contributed by atoms with van der Waals surface area (Å²) in [6.07, 6.45) is 6.10. The smallest absolute Gasteiger partial charge is 0.262 e. The first-order valence-electron chi connectivity index (χ1n) is 10.1. The molecule has 0 bridgehead atoms. The van der Waals surface area contributed by atoms with Crippen LogP contribution < -0.4 is 10.1 Å². The molecule has 0 aliphatic heterocycles. The van der Waals surface area contributed by atoms with Crippen LogP contribution >= 0.6 is 45.2 Å². The fraction of sp³-hybridized carbons (Fsp3) is 0.333. The second kappa shape index (κ2) is 11.1. The molecule has 2 aromatic carbocycles. The van der Waals surface area contributed by atoms with E-state index in [2.05, 4.69) is 63.5 Å². The number of carbonyl (C=O) groups excluding carboxylic acids is 1. The summed E-state index contributed by atoms with van der Waals surface area (Å²) in [6.45, 7) is 2.66. The SMILES string of the molecule is C[C@@H]1CCCC[C@@H]1NC(=O)/C(C#N)=C/c1cc(I)c(OCc2ccccc2)c(I)c1. The van der Waals surface area contributed by atoms with Gasteiger partial charge in [-0.25, -0.2) is 0 Å². The first kappa shape index (κ1) is 23.1. The molecule has 0 aromatic heterocycles. The van der Waals surface area contributed by atoms with Gasteiger partial charge in [0, 0.05) is 6.04 Å². The summed E-state index contributed by atoms with van der Waals surface area (Å²) in [5, 5.41) is 12.6. The molecule has 2 aromatic rings. The molecule has 1 N–H and O–H groups in total. The molecule has 1 aliphatic carbocycles. The Morgan fingerprint density at radius 3 is 2.50 bits per heavy atom. The summed E-state index contributed by atoms with van der Waals surface area (Å²) in [5.41, 5.74) is 2.06. The topological polar surface area (TPSA) is 62.1 Å². The average molecular weight is 626 g/mol. The minimum absolute atomic E-state index is 0.136. The van der Waals surface area contributed by atoms with E-state index in [1.807, 2.05) is 42.5 Å². The second-order valence-electron chi connectivity index (χ2n) is 7.60. The van der Waals surface area contributed by atoms with Gasteiger partial charge in [-0.05, 0) is 93.3 Å². The van der Waals surface area contributed by atoms with Gasteiger partial charge in [-0.3, -0.25) is 4.79 Å². The van der Waals surface area contributed by atoms with E-state index < -0.39 is 0 Å². The lowest BCUT2D eigenvalue weighted by atomic mass is 9.86. The van der Waals surface area contributed by atoms with E-state index in [9.17, 15) is 10.1 Å². The van der Waals surface area contributed by atoms with Crippen LogP contribution in [0.15, 0.2) is 48.0 Å². The van der Waals surface area contributed by atoms with Gasteiger partial charge in [0.05, 0.1) is 7.14 Å². The molecule has 0 radical (unpaired) electrons. The number of nitriles is 1. The summed E-state index contributed by atoms with van der Waals surface area (Å²) in [5.74, 6) is 0.979. The number of nitrogens with zero attached hydrogens (tertiary/aromatic N) is 1. The number of hydrogen-bond donors (Lipinski definition) is 1. The van der Waals surface area contributed by atoms with Crippen LogP contribution in [0.5, 0.6) is 5.75 Å². The lowest BCUT2D eigenvalue weighted by Crippen LogP contribution is -2.41. The highest BCUT2D eigenvalue weighted by Crippen LogP contribution is 2.31. The Kier molecular flexibility index (Phi) is 8.57. The predicted octanol–water partition coefficient (Wildman–Crippen LogP) is 6.08. The summed E-state index contributed by atoms with van der Waals surface area (Å²) in [6, 6.07) is 16.1. The number of halogens is 2. The summed E-state index contributed by atoms with van der Waals surface area (Å²) < 4.78 is 7.91. The number of carbonyl (C=O) groups is 1. The van der Waals surface area contributed by atoms with Crippen molar-refractivity contribution in [2.45, 2.75) is 45.3 Å². The van der Waals surface area contributed by atoms with Gasteiger partial charge >= 0.3 is 0 Å². The van der Waals surface area contributed by atoms with Crippen molar-refractivity contribution < 1.29 is 9.53 Å². The molecule has 4 nitrogen and oxygen atoms in total. The summed E-state index contributed by atoms with van der Waals surface area (Å²) in [4.78, 5) is 12.7. The Hall–Kier alpha value is -1.60. The quantitative estimate of drug-likeness (QED) is 0.241. The zero-order valence-electron chi connectivity index (χ0n) is 16.8. The fourth-order valence-electron chi connectivity index (χ4n) is 3.62. The van der Waals surface area contributed by atoms with Crippen molar-refractivity contribution in [1.29, 1.82) is 5.26 Å². The Morgan fingerprint density at radius 2 is 1.87 bits per heavy atom. The Bertz CT molecular complexity index is 944. The van der Waals surface area contributed by atoms with Crippen LogP contribution in [0.4, 0.5) is 0 Å². The highest BCUT2D eigenvalue weighted by atomic mass is 127. The Morgan fingerprint density at radius 1 is 1.20 bits per heavy atom. The molecular formula is C24H24I2N2O2. The molecule has 1 aliphatic rings. The maximum atomic E-state index is 12.7. The molecule has 0 saturated heterocycles. The molecule has 0 heterocycles. The molecule has 3 rings (SSSR count). The van der Waals surface area contributed by atoms with E-state index in [4.69, 9.17) is 4.74 Å². The molecule has 1 saturated carbocycles. The fourth-order valence-corrected chi connectivity index (χ4v) is 5.75. The number of ether oxygens (including phenoxy) is 1. The van der Waals surface area contributed by atoms with Crippen LogP contribution in [0.2, 0.25) is 0 Å². The van der Waals surface area contributed by atoms with Gasteiger partial charge in [0.1, 0.15) is 24.0 Å².